The summed E-state index contributed by atoms with van der Waals surface area (Å²) in [6.45, 7) is 4.17. The zero-order valence-corrected chi connectivity index (χ0v) is 21.7. The molecule has 0 unspecified atom stereocenters. The summed E-state index contributed by atoms with van der Waals surface area (Å²) in [7, 11) is 0. The van der Waals surface area contributed by atoms with Gasteiger partial charge in [0.2, 0.25) is 0 Å². The molecule has 1 aliphatic rings. The number of nitrogens with zero attached hydrogens (tertiary/aromatic N) is 3. The zero-order chi connectivity index (χ0) is 24.8. The lowest BCUT2D eigenvalue weighted by Gasteiger charge is -2.23. The minimum absolute atomic E-state index is 0.730. The van der Waals surface area contributed by atoms with Gasteiger partial charge in [-0.1, -0.05) is 65.2 Å². The second-order valence-corrected chi connectivity index (χ2v) is 10.3. The van der Waals surface area contributed by atoms with Crippen LogP contribution in [0.1, 0.15) is 40.9 Å². The molecule has 0 bridgehead atoms. The maximum atomic E-state index is 6.27. The first-order chi connectivity index (χ1) is 17.5. The molecular weight excluding hydrogens is 485 g/mol. The molecule has 0 aliphatic heterocycles. The van der Waals surface area contributed by atoms with Crippen molar-refractivity contribution in [2.45, 2.75) is 33.1 Å². The van der Waals surface area contributed by atoms with E-state index in [1.807, 2.05) is 28.9 Å². The Labute approximate surface area is 221 Å². The van der Waals surface area contributed by atoms with Gasteiger partial charge in [0, 0.05) is 10.0 Å². The van der Waals surface area contributed by atoms with E-state index in [0.29, 0.717) is 0 Å². The molecule has 6 rings (SSSR count). The van der Waals surface area contributed by atoms with E-state index in [4.69, 9.17) is 33.3 Å². The lowest BCUT2D eigenvalue weighted by Crippen LogP contribution is -2.09. The molecule has 5 heteroatoms. The average molecular weight is 510 g/mol. The first kappa shape index (κ1) is 23.0. The number of hydrogen-bond acceptors (Lipinski definition) is 2. The van der Waals surface area contributed by atoms with Gasteiger partial charge in [0.1, 0.15) is 0 Å². The molecule has 2 aromatic heterocycles. The molecule has 0 radical (unpaired) electrons. The van der Waals surface area contributed by atoms with Crippen LogP contribution in [0.3, 0.4) is 0 Å². The topological polar surface area (TPSA) is 30.7 Å². The molecular formula is C31H25Cl2N3. The van der Waals surface area contributed by atoms with Crippen LogP contribution < -0.4 is 0 Å². The standard InChI is InChI=1S/C31H25Cl2N3/c1-19-6-16-26(17-7-19)36-31-28(20(2)35-36)29(22-10-14-25(33)15-11-22)27-5-3-4-23(30(27)34-31)18-21-8-12-24(32)13-9-21/h6-18H,3-5H2,1-2H3. The fourth-order valence-corrected chi connectivity index (χ4v) is 5.39. The van der Waals surface area contributed by atoms with Gasteiger partial charge in [-0.25, -0.2) is 9.67 Å². The van der Waals surface area contributed by atoms with Crippen molar-refractivity contribution in [2.24, 2.45) is 0 Å². The highest BCUT2D eigenvalue weighted by molar-refractivity contribution is 6.31. The number of aryl methyl sites for hydroxylation is 2. The number of benzene rings is 3. The minimum Gasteiger partial charge on any atom is -0.228 e. The Hall–Kier alpha value is -3.40. The third kappa shape index (κ3) is 4.13. The SMILES string of the molecule is Cc1ccc(-n2nc(C)c3c(-c4ccc(Cl)cc4)c4c(nc32)C(=Cc2ccc(Cl)cc2)CCC4)cc1. The number of allylic oxidation sites excluding steroid dienone is 1. The number of aromatic nitrogens is 3. The van der Waals surface area contributed by atoms with Crippen molar-refractivity contribution in [1.82, 2.24) is 14.8 Å². The summed E-state index contributed by atoms with van der Waals surface area (Å²) >= 11 is 12.4. The fraction of sp³-hybridized carbons (Fsp3) is 0.161. The van der Waals surface area contributed by atoms with Gasteiger partial charge in [0.25, 0.3) is 0 Å². The fourth-order valence-electron chi connectivity index (χ4n) is 5.14. The van der Waals surface area contributed by atoms with Crippen LogP contribution >= 0.6 is 23.2 Å². The molecule has 0 fully saturated rings. The Kier molecular flexibility index (Phi) is 5.91. The summed E-state index contributed by atoms with van der Waals surface area (Å²) in [5.41, 5.74) is 11.1. The number of fused-ring (bicyclic) bond motifs is 2. The number of pyridine rings is 1. The van der Waals surface area contributed by atoms with Gasteiger partial charge >= 0.3 is 0 Å². The molecule has 1 aliphatic carbocycles. The van der Waals surface area contributed by atoms with Crippen molar-refractivity contribution in [3.8, 4) is 16.8 Å². The average Bonchev–Trinajstić information content (AvgIpc) is 3.21. The van der Waals surface area contributed by atoms with Gasteiger partial charge in [-0.2, -0.15) is 5.10 Å². The predicted molar refractivity (Wildman–Crippen MR) is 151 cm³/mol. The lowest BCUT2D eigenvalue weighted by molar-refractivity contribution is 0.812. The van der Waals surface area contributed by atoms with Crippen LogP contribution in [0.15, 0.2) is 72.8 Å². The smallest absolute Gasteiger partial charge is 0.164 e. The molecule has 0 saturated heterocycles. The highest BCUT2D eigenvalue weighted by atomic mass is 35.5. The molecule has 0 atom stereocenters. The quantitative estimate of drug-likeness (QED) is 0.243. The highest BCUT2D eigenvalue weighted by Crippen LogP contribution is 2.42. The van der Waals surface area contributed by atoms with Crippen molar-refractivity contribution in [3.05, 3.63) is 111 Å². The molecule has 5 aromatic rings. The van der Waals surface area contributed by atoms with Crippen LogP contribution in [0.25, 0.3) is 39.5 Å². The molecule has 2 heterocycles. The lowest BCUT2D eigenvalue weighted by atomic mass is 9.84. The van der Waals surface area contributed by atoms with Gasteiger partial charge < -0.3 is 0 Å². The van der Waals surface area contributed by atoms with Gasteiger partial charge in [-0.3, -0.25) is 0 Å². The van der Waals surface area contributed by atoms with Crippen molar-refractivity contribution in [2.75, 3.05) is 0 Å². The Bertz CT molecular complexity index is 1610. The maximum absolute atomic E-state index is 6.27. The maximum Gasteiger partial charge on any atom is 0.164 e. The van der Waals surface area contributed by atoms with Gasteiger partial charge in [-0.15, -0.1) is 0 Å². The second kappa shape index (κ2) is 9.24. The Balaban J connectivity index is 1.66. The van der Waals surface area contributed by atoms with Gasteiger partial charge in [-0.05, 0) is 103 Å². The van der Waals surface area contributed by atoms with Crippen LogP contribution in [0.5, 0.6) is 0 Å². The number of halogens is 2. The van der Waals surface area contributed by atoms with E-state index in [1.54, 1.807) is 0 Å². The van der Waals surface area contributed by atoms with Crippen LogP contribution in [-0.2, 0) is 6.42 Å². The Morgan fingerprint density at radius 3 is 2.17 bits per heavy atom. The summed E-state index contributed by atoms with van der Waals surface area (Å²) in [4.78, 5) is 5.31. The third-order valence-electron chi connectivity index (χ3n) is 6.89. The molecule has 36 heavy (non-hydrogen) atoms. The Morgan fingerprint density at radius 2 is 1.47 bits per heavy atom. The summed E-state index contributed by atoms with van der Waals surface area (Å²) in [6.07, 6.45) is 5.28. The van der Waals surface area contributed by atoms with Crippen LogP contribution in [0.4, 0.5) is 0 Å². The molecule has 0 amide bonds. The van der Waals surface area contributed by atoms with E-state index >= 15 is 0 Å². The Morgan fingerprint density at radius 1 is 0.806 bits per heavy atom. The van der Waals surface area contributed by atoms with E-state index in [0.717, 1.165) is 68.5 Å². The van der Waals surface area contributed by atoms with Crippen molar-refractivity contribution in [1.29, 1.82) is 0 Å². The monoisotopic (exact) mass is 509 g/mol. The van der Waals surface area contributed by atoms with E-state index in [9.17, 15) is 0 Å². The van der Waals surface area contributed by atoms with Crippen molar-refractivity contribution in [3.63, 3.8) is 0 Å². The summed E-state index contributed by atoms with van der Waals surface area (Å²) in [5, 5.41) is 7.55. The zero-order valence-electron chi connectivity index (χ0n) is 20.2. The molecule has 0 N–H and O–H groups in total. The van der Waals surface area contributed by atoms with Crippen molar-refractivity contribution < 1.29 is 0 Å². The van der Waals surface area contributed by atoms with Gasteiger partial charge in [0.05, 0.1) is 22.5 Å². The highest BCUT2D eigenvalue weighted by Gasteiger charge is 2.26. The van der Waals surface area contributed by atoms with E-state index < -0.39 is 0 Å². The van der Waals surface area contributed by atoms with Crippen LogP contribution in [-0.4, -0.2) is 14.8 Å². The number of hydrogen-bond donors (Lipinski definition) is 0. The first-order valence-electron chi connectivity index (χ1n) is 12.2. The third-order valence-corrected chi connectivity index (χ3v) is 7.39. The van der Waals surface area contributed by atoms with Crippen molar-refractivity contribution >= 4 is 45.9 Å². The van der Waals surface area contributed by atoms with E-state index in [-0.39, 0.29) is 0 Å². The van der Waals surface area contributed by atoms with Gasteiger partial charge in [0.15, 0.2) is 5.65 Å². The molecule has 3 nitrogen and oxygen atoms in total. The summed E-state index contributed by atoms with van der Waals surface area (Å²) < 4.78 is 1.98. The number of rotatable bonds is 3. The normalized spacial score (nSPS) is 14.4. The molecule has 3 aromatic carbocycles. The minimum atomic E-state index is 0.730. The molecule has 0 spiro atoms. The van der Waals surface area contributed by atoms with Crippen LogP contribution in [0.2, 0.25) is 10.0 Å². The van der Waals surface area contributed by atoms with E-state index in [1.165, 1.54) is 22.3 Å². The first-order valence-corrected chi connectivity index (χ1v) is 13.0. The molecule has 0 saturated carbocycles. The summed E-state index contributed by atoms with van der Waals surface area (Å²) in [5.74, 6) is 0. The van der Waals surface area contributed by atoms with E-state index in [2.05, 4.69) is 68.5 Å². The van der Waals surface area contributed by atoms with Crippen LogP contribution in [0, 0.1) is 13.8 Å². The predicted octanol–water partition coefficient (Wildman–Crippen LogP) is 8.89. The molecule has 178 valence electrons. The largest absolute Gasteiger partial charge is 0.228 e. The second-order valence-electron chi connectivity index (χ2n) is 9.43. The summed E-state index contributed by atoms with van der Waals surface area (Å²) in [6, 6.07) is 24.6.